The Morgan fingerprint density at radius 3 is 1.25 bits per heavy atom. The molecule has 0 radical (unpaired) electrons. The fraction of sp³-hybridized carbons (Fsp3) is 1.00. The highest BCUT2D eigenvalue weighted by atomic mass is 31.1. The minimum Gasteiger partial charge on any atom is -0.390 e. The van der Waals surface area contributed by atoms with Crippen molar-refractivity contribution in [2.45, 2.75) is 35.7 Å². The van der Waals surface area contributed by atoms with Gasteiger partial charge in [-0.1, -0.05) is 0 Å². The molecule has 0 unspecified atom stereocenters. The molecule has 4 nitrogen and oxygen atoms in total. The molecule has 2 aliphatic rings. The molecular weight excluding hydrogens is 246 g/mol. The van der Waals surface area contributed by atoms with Crippen molar-refractivity contribution in [1.29, 1.82) is 0 Å². The molecule has 2 saturated heterocycles. The van der Waals surface area contributed by atoms with Crippen molar-refractivity contribution in [3.05, 3.63) is 0 Å². The van der Waals surface area contributed by atoms with Crippen molar-refractivity contribution in [2.75, 3.05) is 25.7 Å². The summed E-state index contributed by atoms with van der Waals surface area (Å²) in [7, 11) is -0.891. The molecule has 6 heteroatoms. The van der Waals surface area contributed by atoms with Crippen LogP contribution in [0.25, 0.3) is 0 Å². The van der Waals surface area contributed by atoms with Gasteiger partial charge < -0.3 is 20.4 Å². The highest BCUT2D eigenvalue weighted by molar-refractivity contribution is 7.62. The molecule has 2 aliphatic heterocycles. The Morgan fingerprint density at radius 2 is 1.06 bits per heavy atom. The van der Waals surface area contributed by atoms with E-state index in [1.165, 1.54) is 0 Å². The van der Waals surface area contributed by atoms with Gasteiger partial charge in [0, 0.05) is 11.3 Å². The van der Waals surface area contributed by atoms with Gasteiger partial charge in [-0.2, -0.15) is 0 Å². The van der Waals surface area contributed by atoms with Crippen molar-refractivity contribution in [2.24, 2.45) is 0 Å². The van der Waals surface area contributed by atoms with Crippen LogP contribution in [0.5, 0.6) is 0 Å². The molecule has 0 aromatic heterocycles. The lowest BCUT2D eigenvalue weighted by Crippen LogP contribution is -2.42. The highest BCUT2D eigenvalue weighted by Crippen LogP contribution is 2.59. The molecule has 0 amide bonds. The second-order valence-corrected chi connectivity index (χ2v) is 9.93. The molecule has 8 atom stereocenters. The van der Waals surface area contributed by atoms with Crippen LogP contribution < -0.4 is 0 Å². The highest BCUT2D eigenvalue weighted by Gasteiger charge is 2.51. The van der Waals surface area contributed by atoms with Crippen molar-refractivity contribution in [3.63, 3.8) is 0 Å². The first-order valence-corrected chi connectivity index (χ1v) is 9.65. The molecule has 0 aliphatic carbocycles. The summed E-state index contributed by atoms with van der Waals surface area (Å²) in [6, 6.07) is 0. The average Bonchev–Trinajstić information content (AvgIpc) is 2.57. The van der Waals surface area contributed by atoms with E-state index in [0.29, 0.717) is 12.3 Å². The third-order valence-corrected chi connectivity index (χ3v) is 9.23. The predicted molar refractivity (Wildman–Crippen MR) is 67.0 cm³/mol. The zero-order valence-corrected chi connectivity index (χ0v) is 11.4. The summed E-state index contributed by atoms with van der Waals surface area (Å²) in [5.74, 6) is 0. The first-order chi connectivity index (χ1) is 7.43. The topological polar surface area (TPSA) is 80.9 Å². The maximum atomic E-state index is 9.99. The Morgan fingerprint density at radius 1 is 0.750 bits per heavy atom. The van der Waals surface area contributed by atoms with E-state index in [4.69, 9.17) is 0 Å². The van der Waals surface area contributed by atoms with Crippen LogP contribution in [-0.2, 0) is 0 Å². The zero-order valence-electron chi connectivity index (χ0n) is 9.56. The summed E-state index contributed by atoms with van der Waals surface area (Å²) >= 11 is 0. The third-order valence-electron chi connectivity index (χ3n) is 3.81. The maximum absolute atomic E-state index is 9.99. The van der Waals surface area contributed by atoms with E-state index in [9.17, 15) is 20.4 Å². The van der Waals surface area contributed by atoms with Crippen LogP contribution in [0.3, 0.4) is 0 Å². The van der Waals surface area contributed by atoms with Crippen LogP contribution in [0.4, 0.5) is 0 Å². The van der Waals surface area contributed by atoms with Gasteiger partial charge in [0.1, 0.15) is 0 Å². The SMILES string of the molecule is C[P@]1C[C@@H](O)[C@H](O)[C@@H]1[C@H]1[C@@H](O)[C@H](O)C[P@@]1C. The monoisotopic (exact) mass is 266 g/mol. The van der Waals surface area contributed by atoms with Gasteiger partial charge in [-0.25, -0.2) is 0 Å². The van der Waals surface area contributed by atoms with Gasteiger partial charge >= 0.3 is 0 Å². The number of rotatable bonds is 1. The molecule has 0 spiro atoms. The van der Waals surface area contributed by atoms with Gasteiger partial charge in [-0.15, -0.1) is 15.8 Å². The second kappa shape index (κ2) is 4.76. The molecule has 0 aromatic carbocycles. The Labute approximate surface area is 98.2 Å². The zero-order chi connectivity index (χ0) is 12.0. The predicted octanol–water partition coefficient (Wildman–Crippen LogP) is -0.582. The number of aliphatic hydroxyl groups is 4. The van der Waals surface area contributed by atoms with E-state index in [2.05, 4.69) is 13.3 Å². The van der Waals surface area contributed by atoms with Crippen LogP contribution in [0.15, 0.2) is 0 Å². The van der Waals surface area contributed by atoms with Crippen LogP contribution in [0.1, 0.15) is 0 Å². The van der Waals surface area contributed by atoms with E-state index in [-0.39, 0.29) is 11.3 Å². The summed E-state index contributed by atoms with van der Waals surface area (Å²) in [6.07, 6.45) is -1.41. The maximum Gasteiger partial charge on any atom is 0.0876 e. The first kappa shape index (κ1) is 13.1. The van der Waals surface area contributed by atoms with E-state index < -0.39 is 40.3 Å². The lowest BCUT2D eigenvalue weighted by molar-refractivity contribution is 0.0132. The standard InChI is InChI=1S/C10H20O4P2/c1-15-3-5(11)7(13)9(15)10-8(14)6(12)4-16(10)2/h5-14H,3-4H2,1-2H3/t5-,6-,7+,8+,9-,10-,15-,16-/m1/s1. The molecular formula is C10H20O4P2. The van der Waals surface area contributed by atoms with E-state index in [1.807, 2.05) is 0 Å². The van der Waals surface area contributed by atoms with Crippen LogP contribution in [0, 0.1) is 0 Å². The normalized spacial score (nSPS) is 58.1. The van der Waals surface area contributed by atoms with Crippen molar-refractivity contribution in [1.82, 2.24) is 0 Å². The van der Waals surface area contributed by atoms with E-state index in [1.54, 1.807) is 0 Å². The summed E-state index contributed by atoms with van der Waals surface area (Å²) in [5.41, 5.74) is -0.0125. The fourth-order valence-corrected chi connectivity index (χ4v) is 9.25. The largest absolute Gasteiger partial charge is 0.390 e. The Hall–Kier alpha value is 0.700. The molecule has 94 valence electrons. The van der Waals surface area contributed by atoms with Crippen LogP contribution in [-0.4, -0.2) is 81.8 Å². The fourth-order valence-electron chi connectivity index (χ4n) is 2.95. The first-order valence-electron chi connectivity index (χ1n) is 5.56. The lowest BCUT2D eigenvalue weighted by Gasteiger charge is -2.31. The quantitative estimate of drug-likeness (QED) is 0.479. The Bertz CT molecular complexity index is 239. The Balaban J connectivity index is 2.18. The summed E-state index contributed by atoms with van der Waals surface area (Å²) < 4.78 is 0. The van der Waals surface area contributed by atoms with Gasteiger partial charge in [0.15, 0.2) is 0 Å². The van der Waals surface area contributed by atoms with Gasteiger partial charge in [0.2, 0.25) is 0 Å². The van der Waals surface area contributed by atoms with Crippen LogP contribution in [0.2, 0.25) is 0 Å². The second-order valence-electron chi connectivity index (χ2n) is 4.98. The lowest BCUT2D eigenvalue weighted by atomic mass is 10.0. The number of hydrogen-bond acceptors (Lipinski definition) is 4. The van der Waals surface area contributed by atoms with Gasteiger partial charge in [0.05, 0.1) is 24.4 Å². The minimum atomic E-state index is -0.717. The molecule has 4 N–H and O–H groups in total. The number of aliphatic hydroxyl groups excluding tert-OH is 4. The van der Waals surface area contributed by atoms with Crippen LogP contribution >= 0.6 is 15.8 Å². The molecule has 0 bridgehead atoms. The Kier molecular flexibility index (Phi) is 3.91. The summed E-state index contributed by atoms with van der Waals surface area (Å²) in [4.78, 5) is 0. The van der Waals surface area contributed by atoms with Gasteiger partial charge in [-0.05, 0) is 25.7 Å². The van der Waals surface area contributed by atoms with Crippen molar-refractivity contribution < 1.29 is 20.4 Å². The summed E-state index contributed by atoms with van der Waals surface area (Å²) in [5, 5.41) is 39.3. The van der Waals surface area contributed by atoms with Gasteiger partial charge in [0.25, 0.3) is 0 Å². The van der Waals surface area contributed by atoms with E-state index in [0.717, 1.165) is 0 Å². The molecule has 16 heavy (non-hydrogen) atoms. The molecule has 0 saturated carbocycles. The third kappa shape index (κ3) is 2.05. The van der Waals surface area contributed by atoms with Crippen molar-refractivity contribution >= 4 is 15.8 Å². The smallest absolute Gasteiger partial charge is 0.0876 e. The summed E-state index contributed by atoms with van der Waals surface area (Å²) in [6.45, 7) is 4.14. The molecule has 2 fully saturated rings. The molecule has 2 rings (SSSR count). The number of hydrogen-bond donors (Lipinski definition) is 4. The van der Waals surface area contributed by atoms with Gasteiger partial charge in [-0.3, -0.25) is 0 Å². The van der Waals surface area contributed by atoms with Crippen molar-refractivity contribution in [3.8, 4) is 0 Å². The average molecular weight is 266 g/mol. The van der Waals surface area contributed by atoms with E-state index >= 15 is 0 Å². The molecule has 0 aromatic rings. The minimum absolute atomic E-state index is 0.00624. The molecule has 2 heterocycles.